The predicted molar refractivity (Wildman–Crippen MR) is 51.4 cm³/mol. The van der Waals surface area contributed by atoms with Crippen molar-refractivity contribution in [3.05, 3.63) is 35.9 Å². The van der Waals surface area contributed by atoms with E-state index in [1.165, 1.54) is 5.56 Å². The normalized spacial score (nSPS) is 19.6. The first-order valence-electron chi connectivity index (χ1n) is 4.53. The number of hydrogen-bond acceptors (Lipinski definition) is 2. The van der Waals surface area contributed by atoms with E-state index in [0.717, 1.165) is 0 Å². The molecule has 0 amide bonds. The molecule has 0 unspecified atom stereocenters. The second kappa shape index (κ2) is 2.96. The van der Waals surface area contributed by atoms with Gasteiger partial charge in [-0.3, -0.25) is 4.79 Å². The van der Waals surface area contributed by atoms with Crippen LogP contribution in [-0.2, 0) is 10.3 Å². The second-order valence-electron chi connectivity index (χ2n) is 3.59. The fourth-order valence-electron chi connectivity index (χ4n) is 1.90. The van der Waals surface area contributed by atoms with Gasteiger partial charge in [-0.15, -0.1) is 0 Å². The van der Waals surface area contributed by atoms with Gasteiger partial charge in [-0.25, -0.2) is 0 Å². The molecular weight excluding hydrogens is 162 g/mol. The van der Waals surface area contributed by atoms with Crippen LogP contribution < -0.4 is 5.32 Å². The molecule has 0 radical (unpaired) electrons. The molecular formula is C11H13NO. The molecule has 13 heavy (non-hydrogen) atoms. The lowest BCUT2D eigenvalue weighted by Crippen LogP contribution is -2.51. The lowest BCUT2D eigenvalue weighted by molar-refractivity contribution is -0.129. The average Bonchev–Trinajstić information content (AvgIpc) is 2.14. The molecule has 1 aromatic rings. The molecule has 0 spiro atoms. The van der Waals surface area contributed by atoms with Gasteiger partial charge in [-0.1, -0.05) is 30.3 Å². The summed E-state index contributed by atoms with van der Waals surface area (Å²) in [6, 6.07) is 10.2. The van der Waals surface area contributed by atoms with Crippen LogP contribution in [0.4, 0.5) is 0 Å². The van der Waals surface area contributed by atoms with Crippen molar-refractivity contribution in [3.8, 4) is 0 Å². The third kappa shape index (κ3) is 1.27. The van der Waals surface area contributed by atoms with E-state index in [1.807, 2.05) is 25.2 Å². The summed E-state index contributed by atoms with van der Waals surface area (Å²) < 4.78 is 0. The van der Waals surface area contributed by atoms with Gasteiger partial charge in [0.15, 0.2) is 0 Å². The summed E-state index contributed by atoms with van der Waals surface area (Å²) in [6.45, 7) is 0. The van der Waals surface area contributed by atoms with Gasteiger partial charge in [0, 0.05) is 12.8 Å². The number of rotatable bonds is 2. The van der Waals surface area contributed by atoms with Gasteiger partial charge in [0.2, 0.25) is 0 Å². The lowest BCUT2D eigenvalue weighted by Gasteiger charge is -2.40. The molecule has 68 valence electrons. The highest BCUT2D eigenvalue weighted by Crippen LogP contribution is 2.37. The van der Waals surface area contributed by atoms with E-state index >= 15 is 0 Å². The quantitative estimate of drug-likeness (QED) is 0.737. The van der Waals surface area contributed by atoms with Crippen LogP contribution in [0.1, 0.15) is 18.4 Å². The van der Waals surface area contributed by atoms with Gasteiger partial charge in [0.1, 0.15) is 5.78 Å². The fraction of sp³-hybridized carbons (Fsp3) is 0.364. The second-order valence-corrected chi connectivity index (χ2v) is 3.59. The maximum atomic E-state index is 11.0. The van der Waals surface area contributed by atoms with Gasteiger partial charge in [0.25, 0.3) is 0 Å². The molecule has 1 aromatic carbocycles. The molecule has 2 rings (SSSR count). The molecule has 1 aliphatic rings. The van der Waals surface area contributed by atoms with Crippen LogP contribution in [0.15, 0.2) is 30.3 Å². The van der Waals surface area contributed by atoms with Crippen LogP contribution in [-0.4, -0.2) is 12.8 Å². The smallest absolute Gasteiger partial charge is 0.137 e. The Morgan fingerprint density at radius 2 is 1.85 bits per heavy atom. The van der Waals surface area contributed by atoms with Crippen LogP contribution in [0.3, 0.4) is 0 Å². The number of benzene rings is 1. The molecule has 1 saturated carbocycles. The highest BCUT2D eigenvalue weighted by molar-refractivity contribution is 5.88. The zero-order chi connectivity index (χ0) is 9.31. The minimum Gasteiger partial charge on any atom is -0.310 e. The third-order valence-corrected chi connectivity index (χ3v) is 2.80. The van der Waals surface area contributed by atoms with Crippen molar-refractivity contribution in [1.29, 1.82) is 0 Å². The minimum absolute atomic E-state index is 0.0711. The van der Waals surface area contributed by atoms with E-state index in [-0.39, 0.29) is 5.54 Å². The molecule has 1 N–H and O–H groups in total. The van der Waals surface area contributed by atoms with Crippen LogP contribution in [0.2, 0.25) is 0 Å². The third-order valence-electron chi connectivity index (χ3n) is 2.80. The summed E-state index contributed by atoms with van der Waals surface area (Å²) in [7, 11) is 1.92. The average molecular weight is 175 g/mol. The van der Waals surface area contributed by atoms with E-state index in [2.05, 4.69) is 17.4 Å². The van der Waals surface area contributed by atoms with Gasteiger partial charge >= 0.3 is 0 Å². The van der Waals surface area contributed by atoms with Gasteiger partial charge in [-0.2, -0.15) is 0 Å². The Morgan fingerprint density at radius 1 is 1.23 bits per heavy atom. The number of ketones is 1. The van der Waals surface area contributed by atoms with E-state index in [0.29, 0.717) is 18.6 Å². The van der Waals surface area contributed by atoms with Gasteiger partial charge in [0.05, 0.1) is 5.54 Å². The fourth-order valence-corrected chi connectivity index (χ4v) is 1.90. The van der Waals surface area contributed by atoms with Crippen LogP contribution in [0.5, 0.6) is 0 Å². The Morgan fingerprint density at radius 3 is 2.31 bits per heavy atom. The Hall–Kier alpha value is -1.15. The van der Waals surface area contributed by atoms with Crippen molar-refractivity contribution < 1.29 is 4.79 Å². The van der Waals surface area contributed by atoms with E-state index in [9.17, 15) is 4.79 Å². The molecule has 0 atom stereocenters. The standard InChI is InChI=1S/C11H13NO/c1-12-11(7-10(13)8-11)9-5-3-2-4-6-9/h2-6,12H,7-8H2,1H3. The van der Waals surface area contributed by atoms with Crippen molar-refractivity contribution in [3.63, 3.8) is 0 Å². The SMILES string of the molecule is CNC1(c2ccccc2)CC(=O)C1. The topological polar surface area (TPSA) is 29.1 Å². The highest BCUT2D eigenvalue weighted by atomic mass is 16.1. The number of Topliss-reactive ketones (excluding diaryl/α,β-unsaturated/α-hetero) is 1. The monoisotopic (exact) mass is 175 g/mol. The zero-order valence-corrected chi connectivity index (χ0v) is 7.71. The number of hydrogen-bond donors (Lipinski definition) is 1. The van der Waals surface area contributed by atoms with Gasteiger partial charge < -0.3 is 5.32 Å². The zero-order valence-electron chi connectivity index (χ0n) is 7.71. The Labute approximate surface area is 78.0 Å². The van der Waals surface area contributed by atoms with Crippen LogP contribution >= 0.6 is 0 Å². The van der Waals surface area contributed by atoms with Gasteiger partial charge in [-0.05, 0) is 12.6 Å². The summed E-state index contributed by atoms with van der Waals surface area (Å²) in [6.07, 6.45) is 1.26. The molecule has 1 aliphatic carbocycles. The molecule has 2 nitrogen and oxygen atoms in total. The molecule has 0 aliphatic heterocycles. The van der Waals surface area contributed by atoms with E-state index in [4.69, 9.17) is 0 Å². The van der Waals surface area contributed by atoms with E-state index in [1.54, 1.807) is 0 Å². The maximum Gasteiger partial charge on any atom is 0.137 e. The minimum atomic E-state index is -0.0711. The number of carbonyl (C=O) groups excluding carboxylic acids is 1. The highest BCUT2D eigenvalue weighted by Gasteiger charge is 2.43. The molecule has 0 aromatic heterocycles. The first-order chi connectivity index (χ1) is 6.27. The largest absolute Gasteiger partial charge is 0.310 e. The van der Waals surface area contributed by atoms with Crippen molar-refractivity contribution in [2.24, 2.45) is 0 Å². The predicted octanol–water partition coefficient (Wildman–Crippen LogP) is 1.46. The maximum absolute atomic E-state index is 11.0. The summed E-state index contributed by atoms with van der Waals surface area (Å²) in [5.74, 6) is 0.346. The lowest BCUT2D eigenvalue weighted by atomic mass is 9.71. The Bertz CT molecular complexity index is 310. The Balaban J connectivity index is 2.29. The summed E-state index contributed by atoms with van der Waals surface area (Å²) in [5, 5.41) is 3.24. The van der Waals surface area contributed by atoms with Crippen molar-refractivity contribution >= 4 is 5.78 Å². The number of nitrogens with one attached hydrogen (secondary N) is 1. The van der Waals surface area contributed by atoms with Crippen molar-refractivity contribution in [1.82, 2.24) is 5.32 Å². The van der Waals surface area contributed by atoms with E-state index < -0.39 is 0 Å². The molecule has 1 fully saturated rings. The number of carbonyl (C=O) groups is 1. The van der Waals surface area contributed by atoms with Crippen molar-refractivity contribution in [2.75, 3.05) is 7.05 Å². The van der Waals surface area contributed by atoms with Crippen molar-refractivity contribution in [2.45, 2.75) is 18.4 Å². The Kier molecular flexibility index (Phi) is 1.93. The first kappa shape index (κ1) is 8.45. The summed E-state index contributed by atoms with van der Waals surface area (Å²) in [4.78, 5) is 11.0. The molecule has 2 heteroatoms. The summed E-state index contributed by atoms with van der Waals surface area (Å²) in [5.41, 5.74) is 1.15. The summed E-state index contributed by atoms with van der Waals surface area (Å²) >= 11 is 0. The van der Waals surface area contributed by atoms with Crippen LogP contribution in [0, 0.1) is 0 Å². The first-order valence-corrected chi connectivity index (χ1v) is 4.53. The molecule has 0 bridgehead atoms. The van der Waals surface area contributed by atoms with Crippen LogP contribution in [0.25, 0.3) is 0 Å². The molecule has 0 heterocycles. The molecule has 0 saturated heterocycles.